The molecule has 1 atom stereocenters. The number of benzene rings is 1. The number of likely N-dealkylation sites (N-methyl/N-ethyl adjacent to an activating group) is 1. The van der Waals surface area contributed by atoms with Crippen molar-refractivity contribution < 1.29 is 18.9 Å². The maximum Gasteiger partial charge on any atom is 0.161 e. The van der Waals surface area contributed by atoms with Gasteiger partial charge < -0.3 is 24.3 Å². The van der Waals surface area contributed by atoms with E-state index in [0.29, 0.717) is 33.0 Å². The molecular weight excluding hydrogens is 258 g/mol. The zero-order chi connectivity index (χ0) is 14.2. The molecule has 1 aromatic carbocycles. The first-order chi connectivity index (χ1) is 9.85. The average Bonchev–Trinajstić information content (AvgIpc) is 2.72. The van der Waals surface area contributed by atoms with Crippen LogP contribution in [-0.2, 0) is 9.47 Å². The summed E-state index contributed by atoms with van der Waals surface area (Å²) >= 11 is 0. The largest absolute Gasteiger partial charge is 0.490 e. The van der Waals surface area contributed by atoms with E-state index in [1.54, 1.807) is 7.11 Å². The number of hydrogen-bond donors (Lipinski definition) is 1. The zero-order valence-electron chi connectivity index (χ0n) is 12.2. The molecule has 0 aromatic heterocycles. The van der Waals surface area contributed by atoms with Crippen LogP contribution in [0.5, 0.6) is 11.5 Å². The van der Waals surface area contributed by atoms with E-state index in [0.717, 1.165) is 23.5 Å². The average molecular weight is 281 g/mol. The highest BCUT2D eigenvalue weighted by Crippen LogP contribution is 2.32. The molecule has 1 unspecified atom stereocenters. The molecule has 0 bridgehead atoms. The molecule has 5 heteroatoms. The summed E-state index contributed by atoms with van der Waals surface area (Å²) in [5, 5.41) is 3.26. The van der Waals surface area contributed by atoms with Gasteiger partial charge in [-0.1, -0.05) is 6.07 Å². The highest BCUT2D eigenvalue weighted by molar-refractivity contribution is 5.44. The Kier molecular flexibility index (Phi) is 6.11. The van der Waals surface area contributed by atoms with E-state index < -0.39 is 0 Å². The van der Waals surface area contributed by atoms with E-state index >= 15 is 0 Å². The van der Waals surface area contributed by atoms with Gasteiger partial charge in [0.2, 0.25) is 0 Å². The summed E-state index contributed by atoms with van der Waals surface area (Å²) in [4.78, 5) is 0. The third kappa shape index (κ3) is 4.10. The molecule has 20 heavy (non-hydrogen) atoms. The second-order valence-corrected chi connectivity index (χ2v) is 4.67. The van der Waals surface area contributed by atoms with Crippen molar-refractivity contribution in [2.45, 2.75) is 12.5 Å². The van der Waals surface area contributed by atoms with Crippen LogP contribution in [0.1, 0.15) is 18.0 Å². The SMILES string of the molecule is CNC(COCCOC)c1ccc2c(c1)OCCCO2. The summed E-state index contributed by atoms with van der Waals surface area (Å²) in [6, 6.07) is 6.18. The molecule has 2 rings (SSSR count). The molecule has 5 nitrogen and oxygen atoms in total. The van der Waals surface area contributed by atoms with Crippen LogP contribution in [0, 0.1) is 0 Å². The number of methoxy groups -OCH3 is 1. The molecule has 0 fully saturated rings. The van der Waals surface area contributed by atoms with Gasteiger partial charge in [-0.05, 0) is 24.7 Å². The summed E-state index contributed by atoms with van der Waals surface area (Å²) in [7, 11) is 3.59. The van der Waals surface area contributed by atoms with E-state index in [2.05, 4.69) is 5.32 Å². The minimum Gasteiger partial charge on any atom is -0.490 e. The number of fused-ring (bicyclic) bond motifs is 1. The van der Waals surface area contributed by atoms with Crippen molar-refractivity contribution in [2.75, 3.05) is 47.2 Å². The van der Waals surface area contributed by atoms with Crippen LogP contribution in [0.3, 0.4) is 0 Å². The summed E-state index contributed by atoms with van der Waals surface area (Å²) in [6.45, 7) is 3.21. The van der Waals surface area contributed by atoms with Crippen molar-refractivity contribution >= 4 is 0 Å². The highest BCUT2D eigenvalue weighted by Gasteiger charge is 2.15. The van der Waals surface area contributed by atoms with E-state index in [-0.39, 0.29) is 6.04 Å². The maximum atomic E-state index is 5.71. The van der Waals surface area contributed by atoms with Gasteiger partial charge in [-0.25, -0.2) is 0 Å². The van der Waals surface area contributed by atoms with Gasteiger partial charge in [0.25, 0.3) is 0 Å². The van der Waals surface area contributed by atoms with Crippen molar-refractivity contribution in [1.82, 2.24) is 5.32 Å². The van der Waals surface area contributed by atoms with E-state index in [1.807, 2.05) is 25.2 Å². The highest BCUT2D eigenvalue weighted by atomic mass is 16.5. The summed E-state index contributed by atoms with van der Waals surface area (Å²) in [5.41, 5.74) is 1.13. The molecule has 1 heterocycles. The van der Waals surface area contributed by atoms with Gasteiger partial charge in [0.05, 0.1) is 39.1 Å². The Labute approximate surface area is 120 Å². The van der Waals surface area contributed by atoms with Crippen molar-refractivity contribution in [2.24, 2.45) is 0 Å². The van der Waals surface area contributed by atoms with Crippen molar-refractivity contribution in [3.05, 3.63) is 23.8 Å². The van der Waals surface area contributed by atoms with E-state index in [9.17, 15) is 0 Å². The molecule has 0 saturated heterocycles. The molecule has 0 amide bonds. The third-order valence-corrected chi connectivity index (χ3v) is 3.24. The van der Waals surface area contributed by atoms with Gasteiger partial charge in [0, 0.05) is 13.5 Å². The van der Waals surface area contributed by atoms with E-state index in [1.165, 1.54) is 0 Å². The summed E-state index contributed by atoms with van der Waals surface area (Å²) < 4.78 is 21.9. The smallest absolute Gasteiger partial charge is 0.161 e. The second kappa shape index (κ2) is 8.09. The molecule has 0 spiro atoms. The lowest BCUT2D eigenvalue weighted by molar-refractivity contribution is 0.0596. The fourth-order valence-electron chi connectivity index (χ4n) is 2.09. The van der Waals surface area contributed by atoms with Crippen LogP contribution in [0.15, 0.2) is 18.2 Å². The first kappa shape index (κ1) is 15.1. The zero-order valence-corrected chi connectivity index (χ0v) is 12.2. The maximum absolute atomic E-state index is 5.71. The fraction of sp³-hybridized carbons (Fsp3) is 0.600. The molecular formula is C15H23NO4. The van der Waals surface area contributed by atoms with Gasteiger partial charge in [0.15, 0.2) is 11.5 Å². The first-order valence-corrected chi connectivity index (χ1v) is 6.98. The monoisotopic (exact) mass is 281 g/mol. The Hall–Kier alpha value is -1.30. The molecule has 1 aromatic rings. The lowest BCUT2D eigenvalue weighted by Gasteiger charge is -2.18. The van der Waals surface area contributed by atoms with Crippen LogP contribution in [0.25, 0.3) is 0 Å². The Morgan fingerprint density at radius 3 is 2.75 bits per heavy atom. The Balaban J connectivity index is 2.00. The van der Waals surface area contributed by atoms with Crippen molar-refractivity contribution in [1.29, 1.82) is 0 Å². The fourth-order valence-corrected chi connectivity index (χ4v) is 2.09. The molecule has 1 N–H and O–H groups in total. The minimum absolute atomic E-state index is 0.129. The van der Waals surface area contributed by atoms with Crippen LogP contribution in [0.2, 0.25) is 0 Å². The predicted molar refractivity (Wildman–Crippen MR) is 76.5 cm³/mol. The summed E-state index contributed by atoms with van der Waals surface area (Å²) in [6.07, 6.45) is 0.916. The van der Waals surface area contributed by atoms with Gasteiger partial charge in [-0.2, -0.15) is 0 Å². The van der Waals surface area contributed by atoms with E-state index in [4.69, 9.17) is 18.9 Å². The normalized spacial score (nSPS) is 15.7. The van der Waals surface area contributed by atoms with Gasteiger partial charge in [0.1, 0.15) is 0 Å². The molecule has 0 radical (unpaired) electrons. The lowest BCUT2D eigenvalue weighted by atomic mass is 10.1. The molecule has 112 valence electrons. The number of rotatable bonds is 7. The van der Waals surface area contributed by atoms with Crippen LogP contribution >= 0.6 is 0 Å². The van der Waals surface area contributed by atoms with Crippen molar-refractivity contribution in [3.63, 3.8) is 0 Å². The number of ether oxygens (including phenoxy) is 4. The van der Waals surface area contributed by atoms with Crippen molar-refractivity contribution in [3.8, 4) is 11.5 Å². The minimum atomic E-state index is 0.129. The summed E-state index contributed by atoms with van der Waals surface area (Å²) in [5.74, 6) is 1.64. The van der Waals surface area contributed by atoms with Crippen LogP contribution in [-0.4, -0.2) is 47.2 Å². The topological polar surface area (TPSA) is 49.0 Å². The first-order valence-electron chi connectivity index (χ1n) is 6.98. The van der Waals surface area contributed by atoms with Gasteiger partial charge >= 0.3 is 0 Å². The quantitative estimate of drug-likeness (QED) is 0.772. The molecule has 1 aliphatic rings. The van der Waals surface area contributed by atoms with Crippen LogP contribution in [0.4, 0.5) is 0 Å². The Morgan fingerprint density at radius 1 is 1.20 bits per heavy atom. The predicted octanol–water partition coefficient (Wildman–Crippen LogP) is 1.77. The second-order valence-electron chi connectivity index (χ2n) is 4.67. The Morgan fingerprint density at radius 2 is 2.00 bits per heavy atom. The standard InChI is InChI=1S/C15H23NO4/c1-16-13(11-18-9-8-17-2)12-4-5-14-15(10-12)20-7-3-6-19-14/h4-5,10,13,16H,3,6-9,11H2,1-2H3. The molecule has 0 saturated carbocycles. The number of nitrogens with one attached hydrogen (secondary N) is 1. The Bertz CT molecular complexity index is 411. The third-order valence-electron chi connectivity index (χ3n) is 3.24. The van der Waals surface area contributed by atoms with Gasteiger partial charge in [-0.15, -0.1) is 0 Å². The van der Waals surface area contributed by atoms with Gasteiger partial charge in [-0.3, -0.25) is 0 Å². The molecule has 1 aliphatic heterocycles. The van der Waals surface area contributed by atoms with Crippen LogP contribution < -0.4 is 14.8 Å². The molecule has 0 aliphatic carbocycles. The number of hydrogen-bond acceptors (Lipinski definition) is 5. The lowest BCUT2D eigenvalue weighted by Crippen LogP contribution is -2.22.